The van der Waals surface area contributed by atoms with Crippen molar-refractivity contribution in [2.75, 3.05) is 5.32 Å². The second kappa shape index (κ2) is 4.43. The Labute approximate surface area is 123 Å². The van der Waals surface area contributed by atoms with Gasteiger partial charge in [0, 0.05) is 0 Å². The summed E-state index contributed by atoms with van der Waals surface area (Å²) in [6, 6.07) is 5.99. The maximum atomic E-state index is 12.0. The third kappa shape index (κ3) is 1.96. The van der Waals surface area contributed by atoms with Gasteiger partial charge in [-0.15, -0.1) is 0 Å². The van der Waals surface area contributed by atoms with Crippen LogP contribution in [0, 0.1) is 0 Å². The molecule has 0 fully saturated rings. The number of nitrogens with zero attached hydrogens (tertiary/aromatic N) is 2. The van der Waals surface area contributed by atoms with Crippen molar-refractivity contribution in [1.82, 2.24) is 0 Å². The predicted octanol–water partition coefficient (Wildman–Crippen LogP) is 1.46. The van der Waals surface area contributed by atoms with E-state index in [0.29, 0.717) is 9.55 Å². The zero-order chi connectivity index (χ0) is 14.5. The Hall–Kier alpha value is -1.65. The van der Waals surface area contributed by atoms with Gasteiger partial charge in [0.2, 0.25) is 0 Å². The molecule has 1 amide bonds. The Morgan fingerprint density at radius 1 is 1.35 bits per heavy atom. The van der Waals surface area contributed by atoms with Gasteiger partial charge in [0.1, 0.15) is 0 Å². The molecule has 20 heavy (non-hydrogen) atoms. The summed E-state index contributed by atoms with van der Waals surface area (Å²) in [6.07, 6.45) is 0. The van der Waals surface area contributed by atoms with Crippen LogP contribution in [0.25, 0.3) is 0 Å². The molecule has 1 atom stereocenters. The molecular weight excluding hydrogens is 319 g/mol. The number of amides is 1. The first kappa shape index (κ1) is 13.3. The van der Waals surface area contributed by atoms with Crippen molar-refractivity contribution in [3.8, 4) is 0 Å². The number of rotatable bonds is 1. The summed E-state index contributed by atoms with van der Waals surface area (Å²) in [5.41, 5.74) is 9.12. The van der Waals surface area contributed by atoms with Crippen molar-refractivity contribution < 1.29 is 4.79 Å². The van der Waals surface area contributed by atoms with Crippen LogP contribution in [0.5, 0.6) is 0 Å². The van der Waals surface area contributed by atoms with Gasteiger partial charge in [-0.2, -0.15) is 0 Å². The minimum atomic E-state index is -0.503. The third-order valence-electron chi connectivity index (χ3n) is 3.74. The number of nitrogens with one attached hydrogen (secondary N) is 1. The number of hydrogen-bond acceptors (Lipinski definition) is 4. The molecule has 1 aromatic carbocycles. The molecule has 2 heterocycles. The maximum absolute atomic E-state index is 12.0. The van der Waals surface area contributed by atoms with Crippen molar-refractivity contribution in [2.24, 2.45) is 15.9 Å². The van der Waals surface area contributed by atoms with Crippen molar-refractivity contribution in [1.29, 1.82) is 0 Å². The van der Waals surface area contributed by atoms with Gasteiger partial charge in [-0.25, -0.2) is 0 Å². The Morgan fingerprint density at radius 2 is 2.10 bits per heavy atom. The van der Waals surface area contributed by atoms with Gasteiger partial charge in [0.25, 0.3) is 0 Å². The van der Waals surface area contributed by atoms with Gasteiger partial charge >= 0.3 is 123 Å². The van der Waals surface area contributed by atoms with E-state index in [2.05, 4.69) is 28.5 Å². The number of hydrogen-bond donors (Lipinski definition) is 2. The monoisotopic (exact) mass is 336 g/mol. The van der Waals surface area contributed by atoms with E-state index in [9.17, 15) is 4.79 Å². The van der Waals surface area contributed by atoms with Crippen molar-refractivity contribution in [3.05, 3.63) is 29.3 Å². The van der Waals surface area contributed by atoms with Crippen LogP contribution in [0.2, 0.25) is 4.82 Å². The summed E-state index contributed by atoms with van der Waals surface area (Å²) < 4.78 is 0.632. The molecule has 0 saturated carbocycles. The number of nitrogens with two attached hydrogens (primary N) is 1. The summed E-state index contributed by atoms with van der Waals surface area (Å²) in [5.74, 6) is 0.0368. The Kier molecular flexibility index (Phi) is 2.96. The molecule has 2 aliphatic heterocycles. The van der Waals surface area contributed by atoms with Crippen LogP contribution in [-0.4, -0.2) is 31.3 Å². The third-order valence-corrected chi connectivity index (χ3v) is 5.63. The number of amidine groups is 1. The van der Waals surface area contributed by atoms with E-state index >= 15 is 0 Å². The van der Waals surface area contributed by atoms with Crippen LogP contribution >= 0.6 is 0 Å². The van der Waals surface area contributed by atoms with E-state index in [1.165, 1.54) is 0 Å². The van der Waals surface area contributed by atoms with Crippen LogP contribution in [-0.2, 0) is 10.2 Å². The molecule has 0 radical (unpaired) electrons. The van der Waals surface area contributed by atoms with E-state index in [1.807, 2.05) is 26.0 Å². The van der Waals surface area contributed by atoms with Gasteiger partial charge in [0.05, 0.1) is 0 Å². The molecule has 2 aliphatic rings. The molecule has 0 bridgehead atoms. The number of fused-ring (bicyclic) bond motifs is 1. The zero-order valence-corrected chi connectivity index (χ0v) is 13.3. The first-order valence-corrected chi connectivity index (χ1v) is 8.28. The van der Waals surface area contributed by atoms with E-state index in [1.54, 1.807) is 0 Å². The summed E-state index contributed by atoms with van der Waals surface area (Å²) in [7, 11) is 0. The Balaban J connectivity index is 2.07. The molecule has 5 nitrogen and oxygen atoms in total. The quantitative estimate of drug-likeness (QED) is 0.762. The van der Waals surface area contributed by atoms with Crippen LogP contribution in [0.15, 0.2) is 28.4 Å². The number of benzene rings is 1. The summed E-state index contributed by atoms with van der Waals surface area (Å²) >= 11 is 0.139. The predicted molar refractivity (Wildman–Crippen MR) is 81.4 cm³/mol. The van der Waals surface area contributed by atoms with E-state index in [-0.39, 0.29) is 20.9 Å². The summed E-state index contributed by atoms with van der Waals surface area (Å²) in [5, 5.41) is 11.2. The molecule has 0 saturated heterocycles. The first-order chi connectivity index (χ1) is 9.39. The van der Waals surface area contributed by atoms with Gasteiger partial charge in [-0.1, -0.05) is 0 Å². The van der Waals surface area contributed by atoms with Crippen molar-refractivity contribution >= 4 is 37.0 Å². The second-order valence-electron chi connectivity index (χ2n) is 5.52. The average Bonchev–Trinajstić information content (AvgIpc) is 2.60. The normalized spacial score (nSPS) is 23.8. The number of carbonyl (C=O) groups excluding carboxylic acids is 1. The topological polar surface area (TPSA) is 79.8 Å². The minimum absolute atomic E-state index is 0.0368. The van der Waals surface area contributed by atoms with Gasteiger partial charge in [-0.05, 0) is 0 Å². The fourth-order valence-corrected chi connectivity index (χ4v) is 4.03. The molecule has 1 aromatic rings. The Bertz CT molecular complexity index is 663. The molecule has 3 rings (SSSR count). The van der Waals surface area contributed by atoms with Crippen LogP contribution in [0.1, 0.15) is 31.9 Å². The molecule has 1 unspecified atom stereocenters. The fourth-order valence-electron chi connectivity index (χ4n) is 2.47. The van der Waals surface area contributed by atoms with Crippen molar-refractivity contribution in [2.45, 2.75) is 31.0 Å². The summed E-state index contributed by atoms with van der Waals surface area (Å²) in [4.78, 5) is 12.3. The molecule has 0 aliphatic carbocycles. The molecule has 6 heteroatoms. The van der Waals surface area contributed by atoms with Crippen molar-refractivity contribution in [3.63, 3.8) is 0 Å². The number of anilines is 1. The molecule has 0 spiro atoms. The van der Waals surface area contributed by atoms with Gasteiger partial charge in [-0.3, -0.25) is 0 Å². The molecular formula is C14H16N4OSe. The van der Waals surface area contributed by atoms with Crippen LogP contribution in [0.3, 0.4) is 0 Å². The Morgan fingerprint density at radius 3 is 2.80 bits per heavy atom. The summed E-state index contributed by atoms with van der Waals surface area (Å²) in [6.45, 7) is 5.98. The molecule has 104 valence electrons. The SMILES string of the molecule is CC1[Se]C(N)=NN=C1c1ccc2c(c1)C(C)(C)C(=O)N2. The van der Waals surface area contributed by atoms with Crippen LogP contribution < -0.4 is 11.1 Å². The zero-order valence-electron chi connectivity index (χ0n) is 11.6. The number of carbonyl (C=O) groups is 1. The molecule has 3 N–H and O–H groups in total. The standard InChI is InChI=1S/C14H16N4OSe/c1-7-11(17-18-13(15)20-7)8-4-5-10-9(6-8)14(2,3)12(19)16-10/h4-7H,1-3H3,(H2,15,18)(H,16,19). The van der Waals surface area contributed by atoms with Gasteiger partial charge in [0.15, 0.2) is 0 Å². The van der Waals surface area contributed by atoms with Gasteiger partial charge < -0.3 is 0 Å². The second-order valence-corrected chi connectivity index (χ2v) is 8.38. The van der Waals surface area contributed by atoms with E-state index < -0.39 is 5.41 Å². The van der Waals surface area contributed by atoms with E-state index in [0.717, 1.165) is 22.5 Å². The fraction of sp³-hybridized carbons (Fsp3) is 0.357. The average molecular weight is 335 g/mol. The van der Waals surface area contributed by atoms with E-state index in [4.69, 9.17) is 5.73 Å². The first-order valence-electron chi connectivity index (χ1n) is 6.43. The van der Waals surface area contributed by atoms with Crippen LogP contribution in [0.4, 0.5) is 5.69 Å². The molecule has 0 aromatic heterocycles.